The van der Waals surface area contributed by atoms with E-state index in [1.807, 2.05) is 7.05 Å². The molecule has 1 unspecified atom stereocenters. The third-order valence-electron chi connectivity index (χ3n) is 4.96. The van der Waals surface area contributed by atoms with E-state index in [-0.39, 0.29) is 42.2 Å². The molecule has 1 saturated heterocycles. The van der Waals surface area contributed by atoms with Crippen LogP contribution in [0.2, 0.25) is 0 Å². The van der Waals surface area contributed by atoms with E-state index in [1.54, 1.807) is 6.07 Å². The number of nitrogens with zero attached hydrogens (tertiary/aromatic N) is 1. The normalized spacial score (nSPS) is 18.3. The Hall–Kier alpha value is -3.27. The predicted octanol–water partition coefficient (Wildman–Crippen LogP) is -0.418. The first-order chi connectivity index (χ1) is 14.4. The van der Waals surface area contributed by atoms with Crippen molar-refractivity contribution >= 4 is 29.5 Å². The number of imide groups is 2. The van der Waals surface area contributed by atoms with E-state index in [1.165, 1.54) is 12.1 Å². The lowest BCUT2D eigenvalue weighted by atomic mass is 10.0. The Morgan fingerprint density at radius 1 is 1.17 bits per heavy atom. The van der Waals surface area contributed by atoms with E-state index >= 15 is 0 Å². The molecule has 0 aromatic heterocycles. The number of amides is 5. The first-order valence-corrected chi connectivity index (χ1v) is 9.82. The average Bonchev–Trinajstić information content (AvgIpc) is 2.97. The molecule has 0 saturated carbocycles. The van der Waals surface area contributed by atoms with Gasteiger partial charge in [0, 0.05) is 13.0 Å². The maximum absolute atomic E-state index is 12.9. The van der Waals surface area contributed by atoms with Gasteiger partial charge in [-0.1, -0.05) is 6.07 Å². The molecule has 3 rings (SSSR count). The number of hydrogen-bond donors (Lipinski definition) is 3. The summed E-state index contributed by atoms with van der Waals surface area (Å²) in [4.78, 5) is 62.0. The zero-order valence-electron chi connectivity index (χ0n) is 16.7. The lowest BCUT2D eigenvalue weighted by Crippen LogP contribution is -2.54. The molecule has 0 aliphatic carbocycles. The Balaban J connectivity index is 1.66. The molecule has 5 amide bonds. The molecule has 10 heteroatoms. The van der Waals surface area contributed by atoms with Crippen LogP contribution in [0.1, 0.15) is 46.4 Å². The second-order valence-corrected chi connectivity index (χ2v) is 7.08. The number of carbonyl (C=O) groups excluding carboxylic acids is 5. The quantitative estimate of drug-likeness (QED) is 0.368. The fourth-order valence-corrected chi connectivity index (χ4v) is 3.45. The molecule has 3 N–H and O–H groups in total. The molecule has 30 heavy (non-hydrogen) atoms. The summed E-state index contributed by atoms with van der Waals surface area (Å²) in [6.45, 7) is 1.07. The van der Waals surface area contributed by atoms with Gasteiger partial charge in [0.2, 0.25) is 11.8 Å². The standard InChI is InChI=1S/C20H24N4O6/c1-21-9-2-3-10-22-16(26)11-30-14-6-4-5-12-17(14)20(29)24(19(12)28)13-7-8-15(25)23-18(13)27/h4-6,13,21H,2-3,7-11H2,1H3,(H,22,26)(H,23,25,27). The van der Waals surface area contributed by atoms with Crippen molar-refractivity contribution in [2.45, 2.75) is 31.7 Å². The highest BCUT2D eigenvalue weighted by Gasteiger charge is 2.46. The largest absolute Gasteiger partial charge is 0.483 e. The number of ether oxygens (including phenoxy) is 1. The zero-order chi connectivity index (χ0) is 21.7. The van der Waals surface area contributed by atoms with Crippen LogP contribution < -0.4 is 20.7 Å². The van der Waals surface area contributed by atoms with Crippen LogP contribution in [0.3, 0.4) is 0 Å². The molecular weight excluding hydrogens is 392 g/mol. The van der Waals surface area contributed by atoms with E-state index in [4.69, 9.17) is 4.74 Å². The highest BCUT2D eigenvalue weighted by Crippen LogP contribution is 2.33. The van der Waals surface area contributed by atoms with Crippen molar-refractivity contribution < 1.29 is 28.7 Å². The predicted molar refractivity (Wildman–Crippen MR) is 105 cm³/mol. The molecule has 2 aliphatic rings. The zero-order valence-corrected chi connectivity index (χ0v) is 16.7. The van der Waals surface area contributed by atoms with Crippen LogP contribution in [-0.2, 0) is 14.4 Å². The Kier molecular flexibility index (Phi) is 6.78. The average molecular weight is 416 g/mol. The molecule has 1 aromatic rings. The molecule has 2 heterocycles. The Morgan fingerprint density at radius 3 is 2.67 bits per heavy atom. The number of rotatable bonds is 9. The van der Waals surface area contributed by atoms with Crippen molar-refractivity contribution in [3.05, 3.63) is 29.3 Å². The molecule has 1 atom stereocenters. The van der Waals surface area contributed by atoms with Gasteiger partial charge in [-0.05, 0) is 45.0 Å². The van der Waals surface area contributed by atoms with Crippen molar-refractivity contribution in [1.82, 2.24) is 20.9 Å². The highest BCUT2D eigenvalue weighted by atomic mass is 16.5. The third kappa shape index (κ3) is 4.48. The van der Waals surface area contributed by atoms with Gasteiger partial charge in [0.1, 0.15) is 11.8 Å². The van der Waals surface area contributed by atoms with E-state index in [9.17, 15) is 24.0 Å². The first-order valence-electron chi connectivity index (χ1n) is 9.82. The van der Waals surface area contributed by atoms with Crippen molar-refractivity contribution in [3.8, 4) is 5.75 Å². The molecule has 160 valence electrons. The van der Waals surface area contributed by atoms with Crippen LogP contribution in [0.5, 0.6) is 5.75 Å². The summed E-state index contributed by atoms with van der Waals surface area (Å²) >= 11 is 0. The van der Waals surface area contributed by atoms with Crippen LogP contribution in [0.4, 0.5) is 0 Å². The minimum atomic E-state index is -1.05. The maximum Gasteiger partial charge on any atom is 0.266 e. The third-order valence-corrected chi connectivity index (χ3v) is 4.96. The van der Waals surface area contributed by atoms with Crippen LogP contribution in [0, 0.1) is 0 Å². The maximum atomic E-state index is 12.9. The fourth-order valence-electron chi connectivity index (χ4n) is 3.45. The Morgan fingerprint density at radius 2 is 1.93 bits per heavy atom. The van der Waals surface area contributed by atoms with Gasteiger partial charge in [0.15, 0.2) is 6.61 Å². The van der Waals surface area contributed by atoms with E-state index in [2.05, 4.69) is 16.0 Å². The highest BCUT2D eigenvalue weighted by molar-refractivity contribution is 6.24. The van der Waals surface area contributed by atoms with Crippen LogP contribution in [0.15, 0.2) is 18.2 Å². The monoisotopic (exact) mass is 416 g/mol. The van der Waals surface area contributed by atoms with E-state index in [0.717, 1.165) is 24.3 Å². The number of unbranched alkanes of at least 4 members (excludes halogenated alkanes) is 1. The molecule has 0 bridgehead atoms. The second-order valence-electron chi connectivity index (χ2n) is 7.08. The molecule has 0 spiro atoms. The number of hydrogen-bond acceptors (Lipinski definition) is 7. The van der Waals surface area contributed by atoms with Gasteiger partial charge in [-0.2, -0.15) is 0 Å². The van der Waals surface area contributed by atoms with Gasteiger partial charge >= 0.3 is 0 Å². The summed E-state index contributed by atoms with van der Waals surface area (Å²) < 4.78 is 5.51. The van der Waals surface area contributed by atoms with Crippen molar-refractivity contribution in [1.29, 1.82) is 0 Å². The van der Waals surface area contributed by atoms with Gasteiger partial charge in [0.05, 0.1) is 11.1 Å². The van der Waals surface area contributed by atoms with Crippen molar-refractivity contribution in [2.24, 2.45) is 0 Å². The molecule has 10 nitrogen and oxygen atoms in total. The van der Waals surface area contributed by atoms with Gasteiger partial charge in [0.25, 0.3) is 17.7 Å². The number of piperidine rings is 1. The number of nitrogens with one attached hydrogen (secondary N) is 3. The second kappa shape index (κ2) is 9.49. The minimum absolute atomic E-state index is 0.0222. The molecule has 1 fully saturated rings. The summed E-state index contributed by atoms with van der Waals surface area (Å²) in [5.74, 6) is -2.65. The summed E-state index contributed by atoms with van der Waals surface area (Å²) in [6.07, 6.45) is 1.86. The molecular formula is C20H24N4O6. The van der Waals surface area contributed by atoms with Gasteiger partial charge in [-0.25, -0.2) is 0 Å². The van der Waals surface area contributed by atoms with Gasteiger partial charge in [-0.15, -0.1) is 0 Å². The fraction of sp³-hybridized carbons (Fsp3) is 0.450. The summed E-state index contributed by atoms with van der Waals surface area (Å²) in [5, 5.41) is 7.90. The Bertz CT molecular complexity index is 884. The molecule has 0 radical (unpaired) electrons. The summed E-state index contributed by atoms with van der Waals surface area (Å²) in [6, 6.07) is 3.46. The van der Waals surface area contributed by atoms with Gasteiger partial charge < -0.3 is 15.4 Å². The Labute approximate surface area is 173 Å². The van der Waals surface area contributed by atoms with Crippen molar-refractivity contribution in [2.75, 3.05) is 26.7 Å². The SMILES string of the molecule is CNCCCCNC(=O)COc1cccc2c1C(=O)N(C1CCC(=O)NC1=O)C2=O. The van der Waals surface area contributed by atoms with E-state index in [0.29, 0.717) is 6.54 Å². The topological polar surface area (TPSA) is 134 Å². The lowest BCUT2D eigenvalue weighted by Gasteiger charge is -2.27. The summed E-state index contributed by atoms with van der Waals surface area (Å²) in [5.41, 5.74) is 0.128. The number of benzene rings is 1. The van der Waals surface area contributed by atoms with Crippen LogP contribution in [0.25, 0.3) is 0 Å². The summed E-state index contributed by atoms with van der Waals surface area (Å²) in [7, 11) is 1.86. The van der Waals surface area contributed by atoms with Crippen LogP contribution in [-0.4, -0.2) is 67.2 Å². The van der Waals surface area contributed by atoms with Crippen molar-refractivity contribution in [3.63, 3.8) is 0 Å². The van der Waals surface area contributed by atoms with Gasteiger partial charge in [-0.3, -0.25) is 34.2 Å². The van der Waals surface area contributed by atoms with Crippen LogP contribution >= 0.6 is 0 Å². The number of fused-ring (bicyclic) bond motifs is 1. The molecule has 1 aromatic carbocycles. The first kappa shape index (κ1) is 21.4. The smallest absolute Gasteiger partial charge is 0.266 e. The lowest BCUT2D eigenvalue weighted by molar-refractivity contribution is -0.136. The number of carbonyl (C=O) groups is 5. The van der Waals surface area contributed by atoms with E-state index < -0.39 is 29.7 Å². The molecule has 2 aliphatic heterocycles. The minimum Gasteiger partial charge on any atom is -0.483 e.